The Kier molecular flexibility index (Phi) is 6.41. The molecule has 1 fully saturated rings. The number of hydrogen-bond donors (Lipinski definition) is 2. The molecule has 7 heteroatoms. The minimum absolute atomic E-state index is 0.0395. The molecule has 0 spiro atoms. The van der Waals surface area contributed by atoms with Gasteiger partial charge in [-0.3, -0.25) is 4.79 Å². The lowest BCUT2D eigenvalue weighted by atomic mass is 10.1. The van der Waals surface area contributed by atoms with E-state index in [9.17, 15) is 9.59 Å². The number of nitrogens with zero attached hydrogens (tertiary/aromatic N) is 2. The van der Waals surface area contributed by atoms with Crippen LogP contribution in [0.25, 0.3) is 0 Å². The Morgan fingerprint density at radius 3 is 2.87 bits per heavy atom. The number of likely N-dealkylation sites (tertiary alicyclic amines) is 1. The topological polar surface area (TPSA) is 64.7 Å². The van der Waals surface area contributed by atoms with Crippen LogP contribution in [0, 0.1) is 0 Å². The second kappa shape index (κ2) is 8.31. The molecule has 1 saturated heterocycles. The van der Waals surface area contributed by atoms with Gasteiger partial charge < -0.3 is 20.4 Å². The molecule has 0 saturated carbocycles. The van der Waals surface area contributed by atoms with Gasteiger partial charge in [0.1, 0.15) is 0 Å². The predicted octanol–water partition coefficient (Wildman–Crippen LogP) is 1.66. The molecule has 1 aliphatic heterocycles. The van der Waals surface area contributed by atoms with Gasteiger partial charge in [-0.1, -0.05) is 0 Å². The molecule has 6 nitrogen and oxygen atoms in total. The van der Waals surface area contributed by atoms with Gasteiger partial charge in [0.2, 0.25) is 5.91 Å². The number of thiophene rings is 1. The second-order valence-corrected chi connectivity index (χ2v) is 6.99. The van der Waals surface area contributed by atoms with Gasteiger partial charge in [0, 0.05) is 32.6 Å². The van der Waals surface area contributed by atoms with Gasteiger partial charge in [0.15, 0.2) is 0 Å². The number of carbonyl (C=O) groups is 2. The minimum Gasteiger partial charge on any atom is -0.352 e. The summed E-state index contributed by atoms with van der Waals surface area (Å²) in [6.45, 7) is 3.41. The van der Waals surface area contributed by atoms with Crippen LogP contribution >= 0.6 is 11.3 Å². The molecule has 0 aliphatic carbocycles. The first-order valence-corrected chi connectivity index (χ1v) is 8.90. The zero-order chi connectivity index (χ0) is 16.8. The Balaban J connectivity index is 1.87. The molecule has 3 amide bonds. The fraction of sp³-hybridized carbons (Fsp3) is 0.625. The second-order valence-electron chi connectivity index (χ2n) is 6.21. The number of amides is 3. The molecule has 1 aromatic rings. The van der Waals surface area contributed by atoms with E-state index in [-0.39, 0.29) is 24.0 Å². The van der Waals surface area contributed by atoms with Crippen LogP contribution in [0.3, 0.4) is 0 Å². The zero-order valence-corrected chi connectivity index (χ0v) is 14.9. The van der Waals surface area contributed by atoms with Crippen molar-refractivity contribution in [3.8, 4) is 0 Å². The molecular weight excluding hydrogens is 312 g/mol. The summed E-state index contributed by atoms with van der Waals surface area (Å²) in [4.78, 5) is 27.5. The number of rotatable bonds is 5. The normalized spacial score (nSPS) is 19.5. The summed E-state index contributed by atoms with van der Waals surface area (Å²) in [6, 6.07) is 2.27. The van der Waals surface area contributed by atoms with E-state index in [0.717, 1.165) is 19.4 Å². The Morgan fingerprint density at radius 2 is 2.26 bits per heavy atom. The molecule has 0 bridgehead atoms. The quantitative estimate of drug-likeness (QED) is 0.858. The highest BCUT2D eigenvalue weighted by Gasteiger charge is 2.25. The molecule has 2 heterocycles. The van der Waals surface area contributed by atoms with E-state index in [1.165, 1.54) is 12.5 Å². The highest BCUT2D eigenvalue weighted by Crippen LogP contribution is 2.20. The first-order chi connectivity index (χ1) is 11.0. The summed E-state index contributed by atoms with van der Waals surface area (Å²) in [5.41, 5.74) is 1.22. The summed E-state index contributed by atoms with van der Waals surface area (Å²) in [5, 5.41) is 10.1. The molecule has 2 atom stereocenters. The third-order valence-corrected chi connectivity index (χ3v) is 4.82. The van der Waals surface area contributed by atoms with Gasteiger partial charge in [-0.25, -0.2) is 4.79 Å². The van der Waals surface area contributed by atoms with Crippen molar-refractivity contribution in [1.29, 1.82) is 0 Å². The molecule has 23 heavy (non-hydrogen) atoms. The molecule has 1 aliphatic rings. The lowest BCUT2D eigenvalue weighted by Crippen LogP contribution is -2.52. The smallest absolute Gasteiger partial charge is 0.317 e. The van der Waals surface area contributed by atoms with Crippen LogP contribution in [0.2, 0.25) is 0 Å². The molecule has 2 rings (SSSR count). The number of nitrogens with one attached hydrogen (secondary N) is 2. The molecule has 1 aromatic heterocycles. The van der Waals surface area contributed by atoms with Crippen molar-refractivity contribution in [2.45, 2.75) is 31.8 Å². The summed E-state index contributed by atoms with van der Waals surface area (Å²) in [5.74, 6) is -0.0395. The maximum absolute atomic E-state index is 12.4. The molecule has 0 unspecified atom stereocenters. The summed E-state index contributed by atoms with van der Waals surface area (Å²) in [6.07, 6.45) is 1.85. The SMILES string of the molecule is CC(=O)N[C@@H]1CCCN(C(=O)NC[C@@H](c2ccsc2)N(C)C)C1. The van der Waals surface area contributed by atoms with Crippen LogP contribution in [0.4, 0.5) is 4.79 Å². The van der Waals surface area contributed by atoms with E-state index in [0.29, 0.717) is 13.1 Å². The molecule has 0 radical (unpaired) electrons. The largest absolute Gasteiger partial charge is 0.352 e. The average molecular weight is 338 g/mol. The maximum Gasteiger partial charge on any atom is 0.317 e. The van der Waals surface area contributed by atoms with Gasteiger partial charge in [-0.15, -0.1) is 0 Å². The van der Waals surface area contributed by atoms with Gasteiger partial charge in [0.25, 0.3) is 0 Å². The Morgan fingerprint density at radius 1 is 1.48 bits per heavy atom. The highest BCUT2D eigenvalue weighted by molar-refractivity contribution is 7.07. The van der Waals surface area contributed by atoms with E-state index in [2.05, 4.69) is 32.4 Å². The van der Waals surface area contributed by atoms with Crippen molar-refractivity contribution >= 4 is 23.3 Å². The number of hydrogen-bond acceptors (Lipinski definition) is 4. The monoisotopic (exact) mass is 338 g/mol. The first kappa shape index (κ1) is 17.7. The molecular formula is C16H26N4O2S. The summed E-state index contributed by atoms with van der Waals surface area (Å²) >= 11 is 1.66. The molecule has 128 valence electrons. The van der Waals surface area contributed by atoms with E-state index < -0.39 is 0 Å². The minimum atomic E-state index is -0.0536. The summed E-state index contributed by atoms with van der Waals surface area (Å²) < 4.78 is 0. The average Bonchev–Trinajstić information content (AvgIpc) is 3.00. The van der Waals surface area contributed by atoms with Gasteiger partial charge in [0.05, 0.1) is 6.04 Å². The third-order valence-electron chi connectivity index (χ3n) is 4.11. The lowest BCUT2D eigenvalue weighted by Gasteiger charge is -2.33. The predicted molar refractivity (Wildman–Crippen MR) is 92.6 cm³/mol. The van der Waals surface area contributed by atoms with Crippen LogP contribution in [0.5, 0.6) is 0 Å². The highest BCUT2D eigenvalue weighted by atomic mass is 32.1. The standard InChI is InChI=1S/C16H26N4O2S/c1-12(21)18-14-5-4-7-20(10-14)16(22)17-9-15(19(2)3)13-6-8-23-11-13/h6,8,11,14-15H,4-5,7,9-10H2,1-3H3,(H,17,22)(H,18,21)/t14-,15+/m1/s1. The molecule has 0 aromatic carbocycles. The van der Waals surface area contributed by atoms with Crippen LogP contribution in [-0.2, 0) is 4.79 Å². The van der Waals surface area contributed by atoms with E-state index in [1.807, 2.05) is 14.1 Å². The Hall–Kier alpha value is -1.60. The van der Waals surface area contributed by atoms with Crippen LogP contribution in [0.15, 0.2) is 16.8 Å². The van der Waals surface area contributed by atoms with Crippen molar-refractivity contribution < 1.29 is 9.59 Å². The van der Waals surface area contributed by atoms with E-state index in [4.69, 9.17) is 0 Å². The number of piperidine rings is 1. The first-order valence-electron chi connectivity index (χ1n) is 7.95. The number of urea groups is 1. The van der Waals surface area contributed by atoms with E-state index in [1.54, 1.807) is 16.2 Å². The fourth-order valence-corrected chi connectivity index (χ4v) is 3.63. The number of carbonyl (C=O) groups excluding carboxylic acids is 2. The maximum atomic E-state index is 12.4. The van der Waals surface area contributed by atoms with Crippen molar-refractivity contribution in [2.24, 2.45) is 0 Å². The molecule has 2 N–H and O–H groups in total. The lowest BCUT2D eigenvalue weighted by molar-refractivity contribution is -0.119. The number of likely N-dealkylation sites (N-methyl/N-ethyl adjacent to an activating group) is 1. The van der Waals surface area contributed by atoms with Crippen molar-refractivity contribution in [3.05, 3.63) is 22.4 Å². The third kappa shape index (κ3) is 5.21. The van der Waals surface area contributed by atoms with Crippen LogP contribution < -0.4 is 10.6 Å². The van der Waals surface area contributed by atoms with Crippen molar-refractivity contribution in [1.82, 2.24) is 20.4 Å². The van der Waals surface area contributed by atoms with Crippen molar-refractivity contribution in [3.63, 3.8) is 0 Å². The van der Waals surface area contributed by atoms with Crippen LogP contribution in [0.1, 0.15) is 31.4 Å². The van der Waals surface area contributed by atoms with Gasteiger partial charge >= 0.3 is 6.03 Å². The fourth-order valence-electron chi connectivity index (χ4n) is 2.93. The van der Waals surface area contributed by atoms with Gasteiger partial charge in [-0.05, 0) is 49.3 Å². The zero-order valence-electron chi connectivity index (χ0n) is 14.0. The van der Waals surface area contributed by atoms with Crippen LogP contribution in [-0.4, -0.2) is 61.5 Å². The Bertz CT molecular complexity index is 518. The van der Waals surface area contributed by atoms with Gasteiger partial charge in [-0.2, -0.15) is 11.3 Å². The summed E-state index contributed by atoms with van der Waals surface area (Å²) in [7, 11) is 4.03. The Labute approximate surface area is 141 Å². The van der Waals surface area contributed by atoms with E-state index >= 15 is 0 Å². The van der Waals surface area contributed by atoms with Crippen molar-refractivity contribution in [2.75, 3.05) is 33.7 Å².